The number of aliphatic carboxylic acids is 1. The molecular weight excluding hydrogens is 174 g/mol. The van der Waals surface area contributed by atoms with Gasteiger partial charge in [-0.3, -0.25) is 4.79 Å². The van der Waals surface area contributed by atoms with Crippen LogP contribution in [-0.4, -0.2) is 34.7 Å². The normalized spacial score (nSPS) is 15.1. The Morgan fingerprint density at radius 1 is 1.54 bits per heavy atom. The standard InChI is InChI=1S/C8H15NO4/c1-5(2)3-6(9-4-10)7(11)8(12)13/h4-7,11H,3H2,1-2H3,(H,9,10)(H,12,13)/t6-,7-/m0/s1. The van der Waals surface area contributed by atoms with Crippen molar-refractivity contribution in [2.45, 2.75) is 32.4 Å². The van der Waals surface area contributed by atoms with Crippen molar-refractivity contribution in [3.8, 4) is 0 Å². The van der Waals surface area contributed by atoms with Crippen molar-refractivity contribution >= 4 is 12.4 Å². The molecule has 0 rings (SSSR count). The van der Waals surface area contributed by atoms with Crippen LogP contribution in [-0.2, 0) is 9.59 Å². The maximum atomic E-state index is 10.4. The Morgan fingerprint density at radius 2 is 2.08 bits per heavy atom. The van der Waals surface area contributed by atoms with Gasteiger partial charge < -0.3 is 15.5 Å². The molecule has 76 valence electrons. The summed E-state index contributed by atoms with van der Waals surface area (Å²) in [7, 11) is 0. The van der Waals surface area contributed by atoms with Crippen LogP contribution < -0.4 is 5.32 Å². The first-order chi connectivity index (χ1) is 5.99. The zero-order chi connectivity index (χ0) is 10.4. The molecule has 0 aliphatic carbocycles. The summed E-state index contributed by atoms with van der Waals surface area (Å²) in [6.07, 6.45) is -0.696. The van der Waals surface area contributed by atoms with Crippen molar-refractivity contribution in [1.29, 1.82) is 0 Å². The molecule has 0 radical (unpaired) electrons. The summed E-state index contributed by atoms with van der Waals surface area (Å²) < 4.78 is 0. The smallest absolute Gasteiger partial charge is 0.334 e. The highest BCUT2D eigenvalue weighted by atomic mass is 16.4. The number of carboxylic acid groups (broad SMARTS) is 1. The summed E-state index contributed by atoms with van der Waals surface area (Å²) >= 11 is 0. The zero-order valence-electron chi connectivity index (χ0n) is 7.73. The summed E-state index contributed by atoms with van der Waals surface area (Å²) in [5.41, 5.74) is 0. The maximum absolute atomic E-state index is 10.4. The summed E-state index contributed by atoms with van der Waals surface area (Å²) in [5, 5.41) is 19.9. The van der Waals surface area contributed by atoms with Crippen molar-refractivity contribution in [2.75, 3.05) is 0 Å². The van der Waals surface area contributed by atoms with Crippen molar-refractivity contribution in [3.05, 3.63) is 0 Å². The zero-order valence-corrected chi connectivity index (χ0v) is 7.73. The first-order valence-electron chi connectivity index (χ1n) is 4.09. The highest BCUT2D eigenvalue weighted by molar-refractivity contribution is 5.73. The van der Waals surface area contributed by atoms with Crippen molar-refractivity contribution < 1.29 is 19.8 Å². The van der Waals surface area contributed by atoms with Crippen LogP contribution in [0.15, 0.2) is 0 Å². The average molecular weight is 189 g/mol. The molecule has 0 fully saturated rings. The van der Waals surface area contributed by atoms with Gasteiger partial charge in [-0.25, -0.2) is 4.79 Å². The summed E-state index contributed by atoms with van der Waals surface area (Å²) in [6, 6.07) is -0.713. The second-order valence-corrected chi connectivity index (χ2v) is 3.30. The van der Waals surface area contributed by atoms with Gasteiger partial charge in [-0.15, -0.1) is 0 Å². The minimum atomic E-state index is -1.53. The molecule has 0 bridgehead atoms. The van der Waals surface area contributed by atoms with Gasteiger partial charge in [0, 0.05) is 0 Å². The van der Waals surface area contributed by atoms with Crippen molar-refractivity contribution in [1.82, 2.24) is 5.32 Å². The third kappa shape index (κ3) is 4.47. The first-order valence-corrected chi connectivity index (χ1v) is 4.09. The molecule has 0 heterocycles. The SMILES string of the molecule is CC(C)C[C@H](NC=O)[C@H](O)C(=O)O. The second kappa shape index (κ2) is 5.53. The van der Waals surface area contributed by atoms with E-state index in [9.17, 15) is 9.59 Å². The number of nitrogens with one attached hydrogen (secondary N) is 1. The predicted octanol–water partition coefficient (Wildman–Crippen LogP) is -0.407. The number of carbonyl (C=O) groups excluding carboxylic acids is 1. The van der Waals surface area contributed by atoms with Crippen LogP contribution in [0.3, 0.4) is 0 Å². The van der Waals surface area contributed by atoms with Gasteiger partial charge in [0.25, 0.3) is 0 Å². The number of hydrogen-bond donors (Lipinski definition) is 3. The van der Waals surface area contributed by atoms with E-state index in [1.54, 1.807) is 0 Å². The van der Waals surface area contributed by atoms with Gasteiger partial charge in [-0.05, 0) is 12.3 Å². The van der Waals surface area contributed by atoms with E-state index >= 15 is 0 Å². The van der Waals surface area contributed by atoms with E-state index in [1.165, 1.54) is 0 Å². The summed E-state index contributed by atoms with van der Waals surface area (Å²) in [5.74, 6) is -1.11. The maximum Gasteiger partial charge on any atom is 0.334 e. The van der Waals surface area contributed by atoms with E-state index in [0.29, 0.717) is 12.8 Å². The largest absolute Gasteiger partial charge is 0.479 e. The summed E-state index contributed by atoms with van der Waals surface area (Å²) in [6.45, 7) is 3.77. The quantitative estimate of drug-likeness (QED) is 0.496. The van der Waals surface area contributed by atoms with Gasteiger partial charge in [0.1, 0.15) is 0 Å². The lowest BCUT2D eigenvalue weighted by molar-refractivity contribution is -0.148. The van der Waals surface area contributed by atoms with Crippen LogP contribution in [0.25, 0.3) is 0 Å². The molecule has 2 atom stereocenters. The van der Waals surface area contributed by atoms with E-state index in [-0.39, 0.29) is 5.92 Å². The molecular formula is C8H15NO4. The third-order valence-electron chi connectivity index (χ3n) is 1.64. The van der Waals surface area contributed by atoms with Gasteiger partial charge in [-0.1, -0.05) is 13.8 Å². The molecule has 0 aromatic rings. The number of amides is 1. The minimum Gasteiger partial charge on any atom is -0.479 e. The lowest BCUT2D eigenvalue weighted by Gasteiger charge is -2.20. The van der Waals surface area contributed by atoms with E-state index in [4.69, 9.17) is 10.2 Å². The third-order valence-corrected chi connectivity index (χ3v) is 1.64. The summed E-state index contributed by atoms with van der Waals surface area (Å²) in [4.78, 5) is 20.5. The molecule has 5 heteroatoms. The first kappa shape index (κ1) is 11.9. The van der Waals surface area contributed by atoms with Gasteiger partial charge >= 0.3 is 5.97 Å². The van der Waals surface area contributed by atoms with E-state index in [0.717, 1.165) is 0 Å². The van der Waals surface area contributed by atoms with E-state index in [1.807, 2.05) is 13.8 Å². The Bertz CT molecular complexity index is 181. The number of aliphatic hydroxyl groups is 1. The fraction of sp³-hybridized carbons (Fsp3) is 0.750. The fourth-order valence-corrected chi connectivity index (χ4v) is 1.06. The molecule has 0 aromatic carbocycles. The van der Waals surface area contributed by atoms with Crippen LogP contribution in [0, 0.1) is 5.92 Å². The molecule has 0 unspecified atom stereocenters. The Morgan fingerprint density at radius 3 is 2.38 bits per heavy atom. The van der Waals surface area contributed by atoms with Crippen LogP contribution in [0.1, 0.15) is 20.3 Å². The minimum absolute atomic E-state index is 0.214. The number of carbonyl (C=O) groups is 2. The van der Waals surface area contributed by atoms with E-state index in [2.05, 4.69) is 5.32 Å². The Labute approximate surface area is 76.8 Å². The van der Waals surface area contributed by atoms with Gasteiger partial charge in [0.05, 0.1) is 6.04 Å². The Balaban J connectivity index is 4.22. The number of carboxylic acids is 1. The molecule has 0 aromatic heterocycles. The van der Waals surface area contributed by atoms with Crippen LogP contribution in [0.5, 0.6) is 0 Å². The average Bonchev–Trinajstić information content (AvgIpc) is 2.01. The number of rotatable bonds is 6. The van der Waals surface area contributed by atoms with Gasteiger partial charge in [0.2, 0.25) is 6.41 Å². The van der Waals surface area contributed by atoms with Crippen LogP contribution in [0.4, 0.5) is 0 Å². The van der Waals surface area contributed by atoms with Gasteiger partial charge in [0.15, 0.2) is 6.10 Å². The van der Waals surface area contributed by atoms with Crippen molar-refractivity contribution in [3.63, 3.8) is 0 Å². The monoisotopic (exact) mass is 189 g/mol. The van der Waals surface area contributed by atoms with Crippen molar-refractivity contribution in [2.24, 2.45) is 5.92 Å². The number of hydrogen-bond acceptors (Lipinski definition) is 3. The Hall–Kier alpha value is -1.10. The van der Waals surface area contributed by atoms with Crippen LogP contribution >= 0.6 is 0 Å². The fourth-order valence-electron chi connectivity index (χ4n) is 1.06. The molecule has 0 spiro atoms. The molecule has 0 aliphatic heterocycles. The highest BCUT2D eigenvalue weighted by Crippen LogP contribution is 2.08. The number of aliphatic hydroxyl groups excluding tert-OH is 1. The molecule has 5 nitrogen and oxygen atoms in total. The lowest BCUT2D eigenvalue weighted by Crippen LogP contribution is -2.44. The predicted molar refractivity (Wildman–Crippen MR) is 46.1 cm³/mol. The molecule has 0 aliphatic rings. The molecule has 1 amide bonds. The second-order valence-electron chi connectivity index (χ2n) is 3.30. The highest BCUT2D eigenvalue weighted by Gasteiger charge is 2.25. The molecule has 3 N–H and O–H groups in total. The Kier molecular flexibility index (Phi) is 5.06. The molecule has 0 saturated heterocycles. The van der Waals surface area contributed by atoms with Gasteiger partial charge in [-0.2, -0.15) is 0 Å². The lowest BCUT2D eigenvalue weighted by atomic mass is 9.99. The van der Waals surface area contributed by atoms with Crippen LogP contribution in [0.2, 0.25) is 0 Å². The molecule has 0 saturated carbocycles. The topological polar surface area (TPSA) is 86.6 Å². The van der Waals surface area contributed by atoms with E-state index < -0.39 is 18.1 Å². The molecule has 13 heavy (non-hydrogen) atoms.